The topological polar surface area (TPSA) is 94.9 Å². The molecule has 0 saturated carbocycles. The van der Waals surface area contributed by atoms with Gasteiger partial charge >= 0.3 is 0 Å². The molecule has 0 unspecified atom stereocenters. The number of hydrogen-bond donors (Lipinski definition) is 1. The van der Waals surface area contributed by atoms with Crippen LogP contribution in [0.1, 0.15) is 11.1 Å². The van der Waals surface area contributed by atoms with Gasteiger partial charge in [-0.1, -0.05) is 35.5 Å². The monoisotopic (exact) mass is 410 g/mol. The van der Waals surface area contributed by atoms with Gasteiger partial charge in [-0.05, 0) is 30.7 Å². The number of likely N-dealkylation sites (N-methyl/N-ethyl adjacent to an activating group) is 1. The van der Waals surface area contributed by atoms with Gasteiger partial charge in [0.25, 0.3) is 17.7 Å². The highest BCUT2D eigenvalue weighted by atomic mass is 19.1. The summed E-state index contributed by atoms with van der Waals surface area (Å²) in [6.45, 7) is 1.83. The Morgan fingerprint density at radius 1 is 1.00 bits per heavy atom. The molecule has 8 nitrogen and oxygen atoms in total. The second-order valence-corrected chi connectivity index (χ2v) is 5.97. The lowest BCUT2D eigenvalue weighted by Crippen LogP contribution is -2.28. The fraction of sp³-hybridized carbons (Fsp3) is 0.143. The molecule has 1 aromatic heterocycles. The zero-order valence-electron chi connectivity index (χ0n) is 16.5. The SMILES string of the molecule is CNC(=O)C(=NOC)c1ccccc1Oc1ncnc(Oc2ccccc2C)c1F. The number of carbonyl (C=O) groups excluding carboxylic acids is 1. The number of carbonyl (C=O) groups is 1. The Hall–Kier alpha value is -4.01. The summed E-state index contributed by atoms with van der Waals surface area (Å²) in [5, 5.41) is 6.21. The van der Waals surface area contributed by atoms with E-state index in [0.29, 0.717) is 5.75 Å². The fourth-order valence-corrected chi connectivity index (χ4v) is 2.53. The van der Waals surface area contributed by atoms with Crippen LogP contribution in [-0.4, -0.2) is 35.7 Å². The van der Waals surface area contributed by atoms with E-state index in [4.69, 9.17) is 14.3 Å². The average Bonchev–Trinajstić information content (AvgIpc) is 2.76. The predicted molar refractivity (Wildman–Crippen MR) is 107 cm³/mol. The van der Waals surface area contributed by atoms with Crippen LogP contribution in [-0.2, 0) is 9.63 Å². The maximum absolute atomic E-state index is 15.0. The van der Waals surface area contributed by atoms with Crippen molar-refractivity contribution in [2.75, 3.05) is 14.2 Å². The molecule has 1 N–H and O–H groups in total. The van der Waals surface area contributed by atoms with E-state index in [1.807, 2.05) is 19.1 Å². The lowest BCUT2D eigenvalue weighted by molar-refractivity contribution is -0.114. The molecule has 2 aromatic carbocycles. The molecule has 0 saturated heterocycles. The van der Waals surface area contributed by atoms with Crippen LogP contribution in [0.3, 0.4) is 0 Å². The Labute approximate surface area is 172 Å². The second-order valence-electron chi connectivity index (χ2n) is 5.97. The Bertz CT molecular complexity index is 1090. The number of oxime groups is 1. The molecule has 3 rings (SSSR count). The molecule has 3 aromatic rings. The van der Waals surface area contributed by atoms with E-state index in [1.165, 1.54) is 14.2 Å². The van der Waals surface area contributed by atoms with Crippen molar-refractivity contribution in [3.05, 3.63) is 71.8 Å². The van der Waals surface area contributed by atoms with Crippen molar-refractivity contribution in [2.24, 2.45) is 5.16 Å². The van der Waals surface area contributed by atoms with E-state index in [0.717, 1.165) is 11.9 Å². The minimum Gasteiger partial charge on any atom is -0.436 e. The highest BCUT2D eigenvalue weighted by Crippen LogP contribution is 2.32. The number of para-hydroxylation sites is 2. The number of hydrogen-bond acceptors (Lipinski definition) is 7. The molecular weight excluding hydrogens is 391 g/mol. The molecule has 1 amide bonds. The first-order chi connectivity index (χ1) is 14.5. The van der Waals surface area contributed by atoms with Gasteiger partial charge in [0.15, 0.2) is 5.71 Å². The van der Waals surface area contributed by atoms with Gasteiger partial charge in [0.2, 0.25) is 5.82 Å². The van der Waals surface area contributed by atoms with Gasteiger partial charge < -0.3 is 19.6 Å². The third kappa shape index (κ3) is 4.52. The van der Waals surface area contributed by atoms with Crippen LogP contribution in [0, 0.1) is 12.7 Å². The molecule has 0 spiro atoms. The van der Waals surface area contributed by atoms with Crippen molar-refractivity contribution in [1.29, 1.82) is 0 Å². The molecule has 0 fully saturated rings. The molecule has 0 aliphatic heterocycles. The van der Waals surface area contributed by atoms with Crippen molar-refractivity contribution < 1.29 is 23.5 Å². The highest BCUT2D eigenvalue weighted by molar-refractivity contribution is 6.45. The molecule has 0 bridgehead atoms. The Morgan fingerprint density at radius 3 is 2.23 bits per heavy atom. The molecule has 0 aliphatic carbocycles. The van der Waals surface area contributed by atoms with Crippen LogP contribution in [0.5, 0.6) is 23.3 Å². The number of benzene rings is 2. The van der Waals surface area contributed by atoms with E-state index in [2.05, 4.69) is 20.4 Å². The number of aryl methyl sites for hydroxylation is 1. The van der Waals surface area contributed by atoms with Crippen molar-refractivity contribution in [3.63, 3.8) is 0 Å². The fourth-order valence-electron chi connectivity index (χ4n) is 2.53. The van der Waals surface area contributed by atoms with Crippen molar-refractivity contribution >= 4 is 11.6 Å². The predicted octanol–water partition coefficient (Wildman–Crippen LogP) is 3.61. The smallest absolute Gasteiger partial charge is 0.273 e. The zero-order chi connectivity index (χ0) is 21.5. The normalized spacial score (nSPS) is 11.0. The van der Waals surface area contributed by atoms with Gasteiger partial charge in [-0.3, -0.25) is 4.79 Å². The van der Waals surface area contributed by atoms with Gasteiger partial charge in [0, 0.05) is 7.05 Å². The van der Waals surface area contributed by atoms with Gasteiger partial charge in [0.1, 0.15) is 24.9 Å². The Morgan fingerprint density at radius 2 is 1.60 bits per heavy atom. The number of nitrogens with zero attached hydrogens (tertiary/aromatic N) is 3. The lowest BCUT2D eigenvalue weighted by atomic mass is 10.1. The summed E-state index contributed by atoms with van der Waals surface area (Å²) in [5.74, 6) is -1.44. The first-order valence-corrected chi connectivity index (χ1v) is 8.89. The lowest BCUT2D eigenvalue weighted by Gasteiger charge is -2.13. The van der Waals surface area contributed by atoms with E-state index < -0.39 is 11.7 Å². The molecule has 0 aliphatic rings. The molecule has 9 heteroatoms. The standard InChI is InChI=1S/C21H19FN4O4/c1-13-8-4-6-10-15(13)29-20-17(22)21(25-12-24-20)30-16-11-7-5-9-14(16)18(26-28-3)19(27)23-2/h4-12H,1-3H3,(H,23,27). The van der Waals surface area contributed by atoms with Crippen molar-refractivity contribution in [2.45, 2.75) is 6.92 Å². The number of rotatable bonds is 7. The molecular formula is C21H19FN4O4. The Kier molecular flexibility index (Phi) is 6.53. The quantitative estimate of drug-likeness (QED) is 0.472. The third-order valence-electron chi connectivity index (χ3n) is 4.00. The number of halogens is 1. The van der Waals surface area contributed by atoms with Gasteiger partial charge in [0.05, 0.1) is 5.56 Å². The molecule has 1 heterocycles. The van der Waals surface area contributed by atoms with Gasteiger partial charge in [-0.15, -0.1) is 0 Å². The largest absolute Gasteiger partial charge is 0.436 e. The number of nitrogens with one attached hydrogen (secondary N) is 1. The number of amides is 1. The van der Waals surface area contributed by atoms with Crippen molar-refractivity contribution in [1.82, 2.24) is 15.3 Å². The zero-order valence-corrected chi connectivity index (χ0v) is 16.5. The molecule has 0 radical (unpaired) electrons. The summed E-state index contributed by atoms with van der Waals surface area (Å²) in [4.78, 5) is 24.6. The van der Waals surface area contributed by atoms with Crippen molar-refractivity contribution in [3.8, 4) is 23.3 Å². The minimum atomic E-state index is -0.888. The summed E-state index contributed by atoms with van der Waals surface area (Å²) in [6.07, 6.45) is 1.12. The van der Waals surface area contributed by atoms with Crippen LogP contribution in [0.25, 0.3) is 0 Å². The summed E-state index contributed by atoms with van der Waals surface area (Å²) in [5.41, 5.74) is 1.06. The van der Waals surface area contributed by atoms with E-state index in [9.17, 15) is 9.18 Å². The number of ether oxygens (including phenoxy) is 2. The van der Waals surface area contributed by atoms with Crippen LogP contribution in [0.4, 0.5) is 4.39 Å². The summed E-state index contributed by atoms with van der Waals surface area (Å²) in [7, 11) is 2.77. The van der Waals surface area contributed by atoms with Crippen LogP contribution in [0.15, 0.2) is 60.0 Å². The van der Waals surface area contributed by atoms with Gasteiger partial charge in [-0.2, -0.15) is 14.4 Å². The molecule has 154 valence electrons. The minimum absolute atomic E-state index is 0.0403. The van der Waals surface area contributed by atoms with E-state index in [-0.39, 0.29) is 28.8 Å². The highest BCUT2D eigenvalue weighted by Gasteiger charge is 2.21. The van der Waals surface area contributed by atoms with Crippen LogP contribution < -0.4 is 14.8 Å². The van der Waals surface area contributed by atoms with Crippen LogP contribution >= 0.6 is 0 Å². The first kappa shape index (κ1) is 20.7. The average molecular weight is 410 g/mol. The van der Waals surface area contributed by atoms with Gasteiger partial charge in [-0.25, -0.2) is 0 Å². The Balaban J connectivity index is 1.96. The third-order valence-corrected chi connectivity index (χ3v) is 4.00. The summed E-state index contributed by atoms with van der Waals surface area (Å²) in [6, 6.07) is 13.6. The van der Waals surface area contributed by atoms with Crippen LogP contribution in [0.2, 0.25) is 0 Å². The van der Waals surface area contributed by atoms with E-state index in [1.54, 1.807) is 36.4 Å². The summed E-state index contributed by atoms with van der Waals surface area (Å²) < 4.78 is 26.2. The first-order valence-electron chi connectivity index (χ1n) is 8.89. The molecule has 0 atom stereocenters. The molecule has 30 heavy (non-hydrogen) atoms. The summed E-state index contributed by atoms with van der Waals surface area (Å²) >= 11 is 0. The maximum Gasteiger partial charge on any atom is 0.273 e. The maximum atomic E-state index is 15.0. The second kappa shape index (κ2) is 9.46. The number of aromatic nitrogens is 2. The van der Waals surface area contributed by atoms with E-state index >= 15 is 0 Å².